The zero-order valence-corrected chi connectivity index (χ0v) is 17.6. The highest BCUT2D eigenvalue weighted by Crippen LogP contribution is 2.55. The average molecular weight is 429 g/mol. The Morgan fingerprint density at radius 1 is 1.27 bits per heavy atom. The molecule has 1 heterocycles. The maximum Gasteiger partial charge on any atom is 0.433 e. The highest BCUT2D eigenvalue weighted by Gasteiger charge is 2.55. The molecule has 0 aromatic carbocycles. The molecule has 2 atom stereocenters. The van der Waals surface area contributed by atoms with Gasteiger partial charge in [-0.1, -0.05) is 0 Å². The number of hydrogen-bond acceptors (Lipinski definition) is 4. The van der Waals surface area contributed by atoms with E-state index in [0.717, 1.165) is 30.1 Å². The molecule has 0 spiro atoms. The molecule has 6 nitrogen and oxygen atoms in total. The summed E-state index contributed by atoms with van der Waals surface area (Å²) in [6.45, 7) is 5.42. The Morgan fingerprint density at radius 3 is 2.43 bits per heavy atom. The fourth-order valence-corrected chi connectivity index (χ4v) is 5.90. The van der Waals surface area contributed by atoms with Crippen LogP contribution in [0.25, 0.3) is 0 Å². The summed E-state index contributed by atoms with van der Waals surface area (Å²) in [5.74, 6) is -0.0451. The Hall–Kier alpha value is -1.61. The van der Waals surface area contributed by atoms with Crippen molar-refractivity contribution in [2.45, 2.75) is 82.8 Å². The first-order valence-corrected chi connectivity index (χ1v) is 10.6. The molecule has 4 fully saturated rings. The second-order valence-electron chi connectivity index (χ2n) is 10.3. The van der Waals surface area contributed by atoms with Crippen molar-refractivity contribution < 1.29 is 27.8 Å². The standard InChI is InChI=1S/C21H30F3N3O3/c1-19(2,3)30-5-4-27-17(21(22,23)24)15(11-25-27)18(28)26-16-13-6-12-7-14(16)10-20(29,8-12)9-13/h11-14,16,29H,4-10H2,1-3H3,(H,26,28)/t12?,13?,14?,16-,20-. The third-order valence-corrected chi connectivity index (χ3v) is 6.73. The van der Waals surface area contributed by atoms with Gasteiger partial charge in [0.1, 0.15) is 0 Å². The largest absolute Gasteiger partial charge is 0.433 e. The van der Waals surface area contributed by atoms with E-state index in [1.165, 1.54) is 0 Å². The molecule has 0 saturated heterocycles. The number of carbonyl (C=O) groups excluding carboxylic acids is 1. The van der Waals surface area contributed by atoms with E-state index in [1.54, 1.807) is 0 Å². The van der Waals surface area contributed by atoms with Crippen LogP contribution in [-0.4, -0.2) is 44.6 Å². The molecule has 0 aliphatic heterocycles. The summed E-state index contributed by atoms with van der Waals surface area (Å²) in [4.78, 5) is 12.9. The van der Waals surface area contributed by atoms with Crippen molar-refractivity contribution in [2.75, 3.05) is 6.61 Å². The van der Waals surface area contributed by atoms with Crippen LogP contribution in [0.1, 0.15) is 68.9 Å². The van der Waals surface area contributed by atoms with Gasteiger partial charge >= 0.3 is 6.18 Å². The van der Waals surface area contributed by atoms with Crippen LogP contribution in [0, 0.1) is 17.8 Å². The second-order valence-corrected chi connectivity index (χ2v) is 10.3. The molecular formula is C21H30F3N3O3. The van der Waals surface area contributed by atoms with Crippen LogP contribution in [0.3, 0.4) is 0 Å². The van der Waals surface area contributed by atoms with Gasteiger partial charge in [0.2, 0.25) is 0 Å². The molecule has 1 aromatic heterocycles. The topological polar surface area (TPSA) is 76.4 Å². The lowest BCUT2D eigenvalue weighted by Crippen LogP contribution is -2.61. The Balaban J connectivity index is 1.50. The number of rotatable bonds is 5. The molecule has 2 N–H and O–H groups in total. The van der Waals surface area contributed by atoms with Crippen LogP contribution >= 0.6 is 0 Å². The number of aliphatic hydroxyl groups is 1. The van der Waals surface area contributed by atoms with E-state index in [1.807, 2.05) is 20.8 Å². The number of nitrogens with zero attached hydrogens (tertiary/aromatic N) is 2. The van der Waals surface area contributed by atoms with Gasteiger partial charge in [0, 0.05) is 6.04 Å². The second kappa shape index (κ2) is 7.22. The molecule has 168 valence electrons. The minimum absolute atomic E-state index is 0.0576. The van der Waals surface area contributed by atoms with Gasteiger partial charge in [-0.15, -0.1) is 0 Å². The lowest BCUT2D eigenvalue weighted by atomic mass is 9.52. The van der Waals surface area contributed by atoms with Crippen molar-refractivity contribution in [3.63, 3.8) is 0 Å². The number of alkyl halides is 3. The summed E-state index contributed by atoms with van der Waals surface area (Å²) >= 11 is 0. The minimum atomic E-state index is -4.70. The fourth-order valence-electron chi connectivity index (χ4n) is 5.90. The number of halogens is 3. The Kier molecular flexibility index (Phi) is 5.20. The predicted molar refractivity (Wildman–Crippen MR) is 103 cm³/mol. The Labute approximate surface area is 174 Å². The summed E-state index contributed by atoms with van der Waals surface area (Å²) in [6, 6.07) is -0.192. The lowest BCUT2D eigenvalue weighted by molar-refractivity contribution is -0.145. The van der Waals surface area contributed by atoms with Gasteiger partial charge in [0.05, 0.1) is 36.1 Å². The third-order valence-electron chi connectivity index (χ3n) is 6.73. The smallest absolute Gasteiger partial charge is 0.390 e. The quantitative estimate of drug-likeness (QED) is 0.752. The monoisotopic (exact) mass is 429 g/mol. The minimum Gasteiger partial charge on any atom is -0.390 e. The predicted octanol–water partition coefficient (Wildman–Crippen LogP) is 3.39. The van der Waals surface area contributed by atoms with Crippen molar-refractivity contribution in [1.82, 2.24) is 15.1 Å². The molecular weight excluding hydrogens is 399 g/mol. The SMILES string of the molecule is CC(C)(C)OCCn1ncc(C(=O)N[C@H]2C3CC4CC2C[C@](O)(C4)C3)c1C(F)(F)F. The first-order valence-electron chi connectivity index (χ1n) is 10.6. The molecule has 0 radical (unpaired) electrons. The number of hydrogen-bond donors (Lipinski definition) is 2. The molecule has 4 saturated carbocycles. The average Bonchev–Trinajstić information content (AvgIpc) is 2.99. The first-order chi connectivity index (χ1) is 13.8. The van der Waals surface area contributed by atoms with Crippen LogP contribution in [-0.2, 0) is 17.5 Å². The highest BCUT2D eigenvalue weighted by molar-refractivity contribution is 5.95. The van der Waals surface area contributed by atoms with E-state index in [0.29, 0.717) is 18.8 Å². The Bertz CT molecular complexity index is 799. The van der Waals surface area contributed by atoms with Gasteiger partial charge in [-0.25, -0.2) is 0 Å². The lowest BCUT2D eigenvalue weighted by Gasteiger charge is -2.58. The molecule has 9 heteroatoms. The number of nitrogens with one attached hydrogen (secondary N) is 1. The van der Waals surface area contributed by atoms with Crippen molar-refractivity contribution >= 4 is 5.91 Å². The molecule has 1 aromatic rings. The summed E-state index contributed by atoms with van der Waals surface area (Å²) < 4.78 is 47.6. The van der Waals surface area contributed by atoms with Crippen LogP contribution in [0.4, 0.5) is 13.2 Å². The molecule has 4 aliphatic rings. The normalized spacial score (nSPS) is 33.2. The molecule has 1 amide bonds. The summed E-state index contributed by atoms with van der Waals surface area (Å²) in [5.41, 5.74) is -2.63. The van der Waals surface area contributed by atoms with Gasteiger partial charge < -0.3 is 15.2 Å². The molecule has 2 unspecified atom stereocenters. The summed E-state index contributed by atoms with van der Waals surface area (Å²) in [6.07, 6.45) is 0.158. The van der Waals surface area contributed by atoms with E-state index in [2.05, 4.69) is 10.4 Å². The van der Waals surface area contributed by atoms with Crippen LogP contribution < -0.4 is 5.32 Å². The van der Waals surface area contributed by atoms with E-state index in [-0.39, 0.29) is 31.0 Å². The van der Waals surface area contributed by atoms with Crippen LogP contribution in [0.5, 0.6) is 0 Å². The number of amides is 1. The molecule has 4 bridgehead atoms. The van der Waals surface area contributed by atoms with Crippen molar-refractivity contribution in [2.24, 2.45) is 17.8 Å². The third kappa shape index (κ3) is 4.23. The van der Waals surface area contributed by atoms with Gasteiger partial charge in [0.25, 0.3) is 5.91 Å². The molecule has 30 heavy (non-hydrogen) atoms. The Morgan fingerprint density at radius 2 is 1.90 bits per heavy atom. The first kappa shape index (κ1) is 21.6. The highest BCUT2D eigenvalue weighted by atomic mass is 19.4. The van der Waals surface area contributed by atoms with E-state index in [9.17, 15) is 23.1 Å². The van der Waals surface area contributed by atoms with E-state index in [4.69, 9.17) is 4.74 Å². The zero-order valence-electron chi connectivity index (χ0n) is 17.6. The van der Waals surface area contributed by atoms with Gasteiger partial charge in [-0.05, 0) is 70.6 Å². The summed E-state index contributed by atoms with van der Waals surface area (Å²) in [5, 5.41) is 17.4. The van der Waals surface area contributed by atoms with Crippen LogP contribution in [0.15, 0.2) is 6.20 Å². The van der Waals surface area contributed by atoms with Crippen molar-refractivity contribution in [3.8, 4) is 0 Å². The molecule has 4 aliphatic carbocycles. The van der Waals surface area contributed by atoms with Crippen LogP contribution in [0.2, 0.25) is 0 Å². The fraction of sp³-hybridized carbons (Fsp3) is 0.810. The number of ether oxygens (including phenoxy) is 1. The molecule has 5 rings (SSSR count). The maximum absolute atomic E-state index is 13.8. The van der Waals surface area contributed by atoms with Gasteiger partial charge in [0.15, 0.2) is 5.69 Å². The number of carbonyl (C=O) groups is 1. The van der Waals surface area contributed by atoms with Crippen molar-refractivity contribution in [3.05, 3.63) is 17.5 Å². The van der Waals surface area contributed by atoms with Gasteiger partial charge in [-0.3, -0.25) is 9.48 Å². The van der Waals surface area contributed by atoms with E-state index < -0.39 is 34.5 Å². The number of aromatic nitrogens is 2. The summed E-state index contributed by atoms with van der Waals surface area (Å²) in [7, 11) is 0. The maximum atomic E-state index is 13.8. The van der Waals surface area contributed by atoms with Crippen molar-refractivity contribution in [1.29, 1.82) is 0 Å². The van der Waals surface area contributed by atoms with E-state index >= 15 is 0 Å². The zero-order chi connectivity index (χ0) is 21.9. The van der Waals surface area contributed by atoms with Gasteiger partial charge in [-0.2, -0.15) is 18.3 Å².